The summed E-state index contributed by atoms with van der Waals surface area (Å²) in [5.41, 5.74) is 1.88. The van der Waals surface area contributed by atoms with Crippen molar-refractivity contribution in [3.63, 3.8) is 0 Å². The molecule has 2 rings (SSSR count). The van der Waals surface area contributed by atoms with Crippen molar-refractivity contribution in [2.24, 2.45) is 0 Å². The van der Waals surface area contributed by atoms with Crippen LogP contribution in [0.3, 0.4) is 0 Å². The molecule has 1 heterocycles. The van der Waals surface area contributed by atoms with Crippen LogP contribution >= 0.6 is 15.9 Å². The molecule has 1 aliphatic heterocycles. The molecular weight excluding hydrogens is 280 g/mol. The Kier molecular flexibility index (Phi) is 4.18. The molecular formula is C13H17BrN2O. The second kappa shape index (κ2) is 5.65. The first kappa shape index (κ1) is 12.6. The van der Waals surface area contributed by atoms with Crippen LogP contribution < -0.4 is 10.2 Å². The molecule has 1 aliphatic rings. The zero-order valence-corrected chi connectivity index (χ0v) is 11.6. The molecule has 92 valence electrons. The minimum atomic E-state index is 0.141. The summed E-state index contributed by atoms with van der Waals surface area (Å²) in [6, 6.07) is 5.97. The van der Waals surface area contributed by atoms with Crippen molar-refractivity contribution in [1.82, 2.24) is 5.32 Å². The second-order valence-electron chi connectivity index (χ2n) is 4.28. The molecule has 3 nitrogen and oxygen atoms in total. The summed E-state index contributed by atoms with van der Waals surface area (Å²) in [6.07, 6.45) is 2.43. The highest BCUT2D eigenvalue weighted by Crippen LogP contribution is 2.30. The first-order valence-electron chi connectivity index (χ1n) is 5.95. The fourth-order valence-electron chi connectivity index (χ4n) is 2.26. The molecule has 0 aliphatic carbocycles. The molecule has 0 unspecified atom stereocenters. The molecule has 1 aromatic carbocycles. The van der Waals surface area contributed by atoms with E-state index >= 15 is 0 Å². The van der Waals surface area contributed by atoms with Crippen LogP contribution in [-0.2, 0) is 0 Å². The topological polar surface area (TPSA) is 32.3 Å². The normalized spacial score (nSPS) is 15.3. The van der Waals surface area contributed by atoms with E-state index in [0.29, 0.717) is 6.54 Å². The Bertz CT molecular complexity index is 414. The fraction of sp³-hybridized carbons (Fsp3) is 0.462. The van der Waals surface area contributed by atoms with E-state index in [1.54, 1.807) is 7.05 Å². The van der Waals surface area contributed by atoms with Gasteiger partial charge in [0.1, 0.15) is 0 Å². The van der Waals surface area contributed by atoms with Gasteiger partial charge in [-0.1, -0.05) is 6.07 Å². The van der Waals surface area contributed by atoms with Gasteiger partial charge in [-0.3, -0.25) is 4.79 Å². The maximum absolute atomic E-state index is 12.1. The summed E-state index contributed by atoms with van der Waals surface area (Å²) in [5, 5.41) is 2.92. The molecule has 4 heteroatoms. The predicted molar refractivity (Wildman–Crippen MR) is 73.8 cm³/mol. The number of ketones is 1. The summed E-state index contributed by atoms with van der Waals surface area (Å²) in [6.45, 7) is 2.48. The number of hydrogen-bond acceptors (Lipinski definition) is 3. The van der Waals surface area contributed by atoms with Crippen LogP contribution in [0.15, 0.2) is 22.7 Å². The SMILES string of the molecule is CNCC(=O)c1c(Br)cccc1N1CCCC1. The number of halogens is 1. The van der Waals surface area contributed by atoms with E-state index in [4.69, 9.17) is 0 Å². The molecule has 0 spiro atoms. The van der Waals surface area contributed by atoms with E-state index in [2.05, 4.69) is 26.1 Å². The lowest BCUT2D eigenvalue weighted by atomic mass is 10.1. The lowest BCUT2D eigenvalue weighted by Gasteiger charge is -2.21. The predicted octanol–water partition coefficient (Wildman–Crippen LogP) is 2.45. The minimum absolute atomic E-state index is 0.141. The molecule has 0 aromatic heterocycles. The first-order valence-corrected chi connectivity index (χ1v) is 6.74. The number of nitrogens with one attached hydrogen (secondary N) is 1. The number of carbonyl (C=O) groups excluding carboxylic acids is 1. The van der Waals surface area contributed by atoms with Crippen molar-refractivity contribution in [2.75, 3.05) is 31.6 Å². The average Bonchev–Trinajstić information content (AvgIpc) is 2.82. The van der Waals surface area contributed by atoms with E-state index in [0.717, 1.165) is 28.8 Å². The highest BCUT2D eigenvalue weighted by molar-refractivity contribution is 9.10. The van der Waals surface area contributed by atoms with Crippen molar-refractivity contribution in [1.29, 1.82) is 0 Å². The van der Waals surface area contributed by atoms with Crippen LogP contribution in [0.5, 0.6) is 0 Å². The summed E-state index contributed by atoms with van der Waals surface area (Å²) < 4.78 is 0.891. The monoisotopic (exact) mass is 296 g/mol. The van der Waals surface area contributed by atoms with Gasteiger partial charge in [0.2, 0.25) is 0 Å². The number of hydrogen-bond donors (Lipinski definition) is 1. The minimum Gasteiger partial charge on any atom is -0.371 e. The number of nitrogens with zero attached hydrogens (tertiary/aromatic N) is 1. The zero-order chi connectivity index (χ0) is 12.3. The van der Waals surface area contributed by atoms with Gasteiger partial charge in [-0.05, 0) is 48.0 Å². The second-order valence-corrected chi connectivity index (χ2v) is 5.14. The zero-order valence-electron chi connectivity index (χ0n) is 10.0. The lowest BCUT2D eigenvalue weighted by Crippen LogP contribution is -2.24. The Morgan fingerprint density at radius 1 is 1.41 bits per heavy atom. The third kappa shape index (κ3) is 2.69. The van der Waals surface area contributed by atoms with E-state index in [1.165, 1.54) is 12.8 Å². The molecule has 0 bridgehead atoms. The number of anilines is 1. The number of rotatable bonds is 4. The van der Waals surface area contributed by atoms with E-state index < -0.39 is 0 Å². The molecule has 1 saturated heterocycles. The summed E-state index contributed by atoms with van der Waals surface area (Å²) in [7, 11) is 1.80. The van der Waals surface area contributed by atoms with E-state index in [9.17, 15) is 4.79 Å². The van der Waals surface area contributed by atoms with Crippen molar-refractivity contribution in [2.45, 2.75) is 12.8 Å². The Morgan fingerprint density at radius 2 is 2.12 bits per heavy atom. The Hall–Kier alpha value is -0.870. The molecule has 0 amide bonds. The van der Waals surface area contributed by atoms with Gasteiger partial charge in [0.25, 0.3) is 0 Å². The third-order valence-corrected chi connectivity index (χ3v) is 3.72. The number of likely N-dealkylation sites (N-methyl/N-ethyl adjacent to an activating group) is 1. The Morgan fingerprint density at radius 3 is 2.76 bits per heavy atom. The highest BCUT2D eigenvalue weighted by Gasteiger charge is 2.20. The van der Waals surface area contributed by atoms with Crippen molar-refractivity contribution >= 4 is 27.4 Å². The van der Waals surface area contributed by atoms with Gasteiger partial charge in [-0.2, -0.15) is 0 Å². The smallest absolute Gasteiger partial charge is 0.179 e. The van der Waals surface area contributed by atoms with Gasteiger partial charge in [0.05, 0.1) is 12.1 Å². The van der Waals surface area contributed by atoms with Crippen LogP contribution in [0.4, 0.5) is 5.69 Å². The van der Waals surface area contributed by atoms with Crippen LogP contribution in [0.2, 0.25) is 0 Å². The molecule has 0 radical (unpaired) electrons. The van der Waals surface area contributed by atoms with Crippen molar-refractivity contribution in [3.8, 4) is 0 Å². The van der Waals surface area contributed by atoms with Crippen molar-refractivity contribution in [3.05, 3.63) is 28.2 Å². The molecule has 0 atom stereocenters. The summed E-state index contributed by atoms with van der Waals surface area (Å²) in [5.74, 6) is 0.141. The van der Waals surface area contributed by atoms with Crippen LogP contribution in [0.25, 0.3) is 0 Å². The molecule has 17 heavy (non-hydrogen) atoms. The van der Waals surface area contributed by atoms with Crippen molar-refractivity contribution < 1.29 is 4.79 Å². The maximum Gasteiger partial charge on any atom is 0.179 e. The summed E-state index contributed by atoms with van der Waals surface area (Å²) >= 11 is 3.49. The highest BCUT2D eigenvalue weighted by atomic mass is 79.9. The number of Topliss-reactive ketones (excluding diaryl/α,β-unsaturated/α-hetero) is 1. The molecule has 1 aromatic rings. The van der Waals surface area contributed by atoms with Crippen LogP contribution in [0.1, 0.15) is 23.2 Å². The third-order valence-electron chi connectivity index (χ3n) is 3.05. The van der Waals surface area contributed by atoms with E-state index in [-0.39, 0.29) is 5.78 Å². The van der Waals surface area contributed by atoms with Gasteiger partial charge < -0.3 is 10.2 Å². The standard InChI is InChI=1S/C13H17BrN2O/c1-15-9-12(17)13-10(14)5-4-6-11(13)16-7-2-3-8-16/h4-6,15H,2-3,7-9H2,1H3. The maximum atomic E-state index is 12.1. The number of benzene rings is 1. The Balaban J connectivity index is 2.36. The Labute approximate surface area is 110 Å². The van der Waals surface area contributed by atoms with Gasteiger partial charge in [0, 0.05) is 23.2 Å². The largest absolute Gasteiger partial charge is 0.371 e. The van der Waals surface area contributed by atoms with Crippen LogP contribution in [-0.4, -0.2) is 32.5 Å². The van der Waals surface area contributed by atoms with Gasteiger partial charge >= 0.3 is 0 Å². The lowest BCUT2D eigenvalue weighted by molar-refractivity contribution is 0.0993. The summed E-state index contributed by atoms with van der Waals surface area (Å²) in [4.78, 5) is 14.4. The van der Waals surface area contributed by atoms with Gasteiger partial charge in [-0.25, -0.2) is 0 Å². The molecule has 1 fully saturated rings. The van der Waals surface area contributed by atoms with Gasteiger partial charge in [0.15, 0.2) is 5.78 Å². The van der Waals surface area contributed by atoms with Gasteiger partial charge in [-0.15, -0.1) is 0 Å². The average molecular weight is 297 g/mol. The molecule has 1 N–H and O–H groups in total. The first-order chi connectivity index (χ1) is 8.24. The van der Waals surface area contributed by atoms with Crippen LogP contribution in [0, 0.1) is 0 Å². The molecule has 0 saturated carbocycles. The van der Waals surface area contributed by atoms with E-state index in [1.807, 2.05) is 18.2 Å². The quantitative estimate of drug-likeness (QED) is 0.866. The number of carbonyl (C=O) groups is 1. The fourth-order valence-corrected chi connectivity index (χ4v) is 2.84.